The number of sulfone groups is 1. The van der Waals surface area contributed by atoms with Crippen molar-refractivity contribution in [3.05, 3.63) is 0 Å². The Kier molecular flexibility index (Phi) is 6.12. The fourth-order valence-electron chi connectivity index (χ4n) is 2.81. The lowest BCUT2D eigenvalue weighted by molar-refractivity contribution is 0.211. The van der Waals surface area contributed by atoms with Crippen LogP contribution in [-0.4, -0.2) is 26.0 Å². The van der Waals surface area contributed by atoms with Crippen LogP contribution in [0.15, 0.2) is 0 Å². The molecule has 1 fully saturated rings. The molecule has 0 saturated heterocycles. The van der Waals surface area contributed by atoms with E-state index in [1.54, 1.807) is 13.8 Å². The van der Waals surface area contributed by atoms with Crippen LogP contribution in [0, 0.1) is 5.41 Å². The van der Waals surface area contributed by atoms with Crippen LogP contribution in [0.25, 0.3) is 0 Å². The molecule has 2 N–H and O–H groups in total. The van der Waals surface area contributed by atoms with Crippen LogP contribution in [0.4, 0.5) is 0 Å². The van der Waals surface area contributed by atoms with Crippen molar-refractivity contribution in [3.63, 3.8) is 0 Å². The van der Waals surface area contributed by atoms with E-state index >= 15 is 0 Å². The van der Waals surface area contributed by atoms with Gasteiger partial charge < -0.3 is 5.73 Å². The largest absolute Gasteiger partial charge is 0.330 e. The molecule has 0 aliphatic heterocycles. The Labute approximate surface area is 112 Å². The van der Waals surface area contributed by atoms with Gasteiger partial charge in [0, 0.05) is 0 Å². The lowest BCUT2D eigenvalue weighted by Gasteiger charge is -2.34. The molecule has 0 spiro atoms. The Morgan fingerprint density at radius 3 is 2.00 bits per heavy atom. The van der Waals surface area contributed by atoms with Gasteiger partial charge in [-0.15, -0.1) is 0 Å². The van der Waals surface area contributed by atoms with E-state index in [2.05, 4.69) is 0 Å². The SMILES string of the molecule is CC(C)S(=O)(=O)CCC1(CN)CCCCCCC1. The Hall–Kier alpha value is -0.0900. The van der Waals surface area contributed by atoms with E-state index in [0.29, 0.717) is 12.3 Å². The van der Waals surface area contributed by atoms with Crippen LogP contribution in [0.5, 0.6) is 0 Å². The van der Waals surface area contributed by atoms with Crippen LogP contribution in [0.1, 0.15) is 65.2 Å². The third-order valence-corrected chi connectivity index (χ3v) is 6.69. The number of rotatable bonds is 5. The third-order valence-electron chi connectivity index (χ3n) is 4.48. The molecule has 0 aromatic carbocycles. The van der Waals surface area contributed by atoms with E-state index < -0.39 is 9.84 Å². The molecule has 1 aliphatic rings. The molecule has 0 heterocycles. The van der Waals surface area contributed by atoms with E-state index in [9.17, 15) is 8.42 Å². The maximum Gasteiger partial charge on any atom is 0.152 e. The molecule has 1 saturated carbocycles. The van der Waals surface area contributed by atoms with Gasteiger partial charge in [-0.05, 0) is 45.1 Å². The molecule has 0 radical (unpaired) electrons. The number of hydrogen-bond acceptors (Lipinski definition) is 3. The zero-order valence-corrected chi connectivity index (χ0v) is 12.8. The zero-order chi connectivity index (χ0) is 13.6. The van der Waals surface area contributed by atoms with Gasteiger partial charge in [-0.1, -0.05) is 32.1 Å². The Bertz CT molecular complexity index is 328. The minimum Gasteiger partial charge on any atom is -0.330 e. The summed E-state index contributed by atoms with van der Waals surface area (Å²) < 4.78 is 23.9. The van der Waals surface area contributed by atoms with Gasteiger partial charge in [-0.25, -0.2) is 8.42 Å². The minimum atomic E-state index is -2.92. The average molecular weight is 275 g/mol. The number of hydrogen-bond donors (Lipinski definition) is 1. The molecule has 18 heavy (non-hydrogen) atoms. The van der Waals surface area contributed by atoms with Gasteiger partial charge in [-0.2, -0.15) is 0 Å². The second-order valence-corrected chi connectivity index (χ2v) is 8.81. The Balaban J connectivity index is 2.63. The molecular weight excluding hydrogens is 246 g/mol. The quantitative estimate of drug-likeness (QED) is 0.839. The summed E-state index contributed by atoms with van der Waals surface area (Å²) in [5, 5.41) is -0.263. The van der Waals surface area contributed by atoms with Gasteiger partial charge in [0.2, 0.25) is 0 Å². The fraction of sp³-hybridized carbons (Fsp3) is 1.00. The molecule has 0 atom stereocenters. The highest BCUT2D eigenvalue weighted by Crippen LogP contribution is 2.36. The molecule has 0 unspecified atom stereocenters. The monoisotopic (exact) mass is 275 g/mol. The van der Waals surface area contributed by atoms with E-state index in [4.69, 9.17) is 5.73 Å². The van der Waals surface area contributed by atoms with Crippen LogP contribution >= 0.6 is 0 Å². The first kappa shape index (κ1) is 16.0. The molecule has 3 nitrogen and oxygen atoms in total. The van der Waals surface area contributed by atoms with Gasteiger partial charge in [0.15, 0.2) is 9.84 Å². The van der Waals surface area contributed by atoms with E-state index in [1.165, 1.54) is 32.1 Å². The van der Waals surface area contributed by atoms with Crippen LogP contribution in [0.3, 0.4) is 0 Å². The van der Waals surface area contributed by atoms with E-state index in [0.717, 1.165) is 19.3 Å². The molecular formula is C14H29NO2S. The van der Waals surface area contributed by atoms with Crippen LogP contribution < -0.4 is 5.73 Å². The van der Waals surface area contributed by atoms with E-state index in [1.807, 2.05) is 0 Å². The average Bonchev–Trinajstić information content (AvgIpc) is 2.28. The standard InChI is InChI=1S/C14H29NO2S/c1-13(2)18(16,17)11-10-14(12-15)8-6-4-3-5-7-9-14/h13H,3-12,15H2,1-2H3. The summed E-state index contributed by atoms with van der Waals surface area (Å²) in [6, 6.07) is 0. The lowest BCUT2D eigenvalue weighted by atomic mass is 9.74. The lowest BCUT2D eigenvalue weighted by Crippen LogP contribution is -2.34. The van der Waals surface area contributed by atoms with Crippen molar-refractivity contribution in [2.45, 2.75) is 70.5 Å². The molecule has 0 aromatic rings. The van der Waals surface area contributed by atoms with Crippen molar-refractivity contribution in [1.82, 2.24) is 0 Å². The summed E-state index contributed by atoms with van der Waals surface area (Å²) in [5.41, 5.74) is 6.06. The van der Waals surface area contributed by atoms with Crippen molar-refractivity contribution in [3.8, 4) is 0 Å². The Morgan fingerprint density at radius 2 is 1.56 bits per heavy atom. The normalized spacial score (nSPS) is 21.6. The molecule has 0 aromatic heterocycles. The van der Waals surface area contributed by atoms with Gasteiger partial charge in [0.25, 0.3) is 0 Å². The van der Waals surface area contributed by atoms with Crippen LogP contribution in [0.2, 0.25) is 0 Å². The predicted molar refractivity (Wildman–Crippen MR) is 77.3 cm³/mol. The molecule has 0 amide bonds. The number of nitrogens with two attached hydrogens (primary N) is 1. The molecule has 4 heteroatoms. The van der Waals surface area contributed by atoms with Crippen LogP contribution in [-0.2, 0) is 9.84 Å². The molecule has 1 aliphatic carbocycles. The van der Waals surface area contributed by atoms with Crippen molar-refractivity contribution in [2.24, 2.45) is 11.1 Å². The van der Waals surface area contributed by atoms with Crippen molar-refractivity contribution in [2.75, 3.05) is 12.3 Å². The topological polar surface area (TPSA) is 60.2 Å². The van der Waals surface area contributed by atoms with Crippen molar-refractivity contribution >= 4 is 9.84 Å². The Morgan fingerprint density at radius 1 is 1.06 bits per heavy atom. The second-order valence-electron chi connectivity index (χ2n) is 6.14. The third kappa shape index (κ3) is 4.54. The first-order chi connectivity index (χ1) is 8.42. The summed E-state index contributed by atoms with van der Waals surface area (Å²) in [5.74, 6) is 0.307. The fourth-order valence-corrected chi connectivity index (χ4v) is 3.99. The van der Waals surface area contributed by atoms with Gasteiger partial charge in [0.05, 0.1) is 11.0 Å². The van der Waals surface area contributed by atoms with Crippen molar-refractivity contribution in [1.29, 1.82) is 0 Å². The molecule has 1 rings (SSSR count). The minimum absolute atomic E-state index is 0.0857. The maximum atomic E-state index is 11.9. The van der Waals surface area contributed by atoms with Gasteiger partial charge in [-0.3, -0.25) is 0 Å². The molecule has 108 valence electrons. The summed E-state index contributed by atoms with van der Waals surface area (Å²) in [6.07, 6.45) is 9.26. The summed E-state index contributed by atoms with van der Waals surface area (Å²) >= 11 is 0. The van der Waals surface area contributed by atoms with Crippen molar-refractivity contribution < 1.29 is 8.42 Å². The molecule has 0 bridgehead atoms. The smallest absolute Gasteiger partial charge is 0.152 e. The first-order valence-corrected chi connectivity index (χ1v) is 9.05. The first-order valence-electron chi connectivity index (χ1n) is 7.33. The summed E-state index contributed by atoms with van der Waals surface area (Å²) in [7, 11) is -2.92. The predicted octanol–water partition coefficient (Wildman–Crippen LogP) is 2.89. The van der Waals surface area contributed by atoms with E-state index in [-0.39, 0.29) is 10.7 Å². The highest BCUT2D eigenvalue weighted by Gasteiger charge is 2.31. The maximum absolute atomic E-state index is 11.9. The summed E-state index contributed by atoms with van der Waals surface area (Å²) in [4.78, 5) is 0. The van der Waals surface area contributed by atoms with Gasteiger partial charge >= 0.3 is 0 Å². The highest BCUT2D eigenvalue weighted by molar-refractivity contribution is 7.91. The zero-order valence-electron chi connectivity index (χ0n) is 12.0. The summed E-state index contributed by atoms with van der Waals surface area (Å²) in [6.45, 7) is 4.17. The van der Waals surface area contributed by atoms with Gasteiger partial charge in [0.1, 0.15) is 0 Å². The second kappa shape index (κ2) is 6.90. The highest BCUT2D eigenvalue weighted by atomic mass is 32.2.